The minimum Gasteiger partial charge on any atom is -0.490 e. The first-order chi connectivity index (χ1) is 35.4. The minimum atomic E-state index is -1.46. The predicted molar refractivity (Wildman–Crippen MR) is 276 cm³/mol. The van der Waals surface area contributed by atoms with Gasteiger partial charge in [-0.25, -0.2) is 29.1 Å². The van der Waals surface area contributed by atoms with Crippen molar-refractivity contribution in [3.63, 3.8) is 0 Å². The second-order valence-corrected chi connectivity index (χ2v) is 21.1. The van der Waals surface area contributed by atoms with Gasteiger partial charge >= 0.3 is 5.97 Å². The van der Waals surface area contributed by atoms with Gasteiger partial charge < -0.3 is 43.2 Å². The number of aromatic nitrogens is 4. The van der Waals surface area contributed by atoms with E-state index in [0.29, 0.717) is 127 Å². The number of aliphatic carboxylic acids is 1. The number of likely N-dealkylation sites (N-methyl/N-ethyl adjacent to an activating group) is 1. The average Bonchev–Trinajstić information content (AvgIpc) is 3.79. The van der Waals surface area contributed by atoms with E-state index in [9.17, 15) is 14.3 Å². The summed E-state index contributed by atoms with van der Waals surface area (Å²) in [6.07, 6.45) is 4.92. The summed E-state index contributed by atoms with van der Waals surface area (Å²) >= 11 is 16.0. The number of carbonyl (C=O) groups is 1. The van der Waals surface area contributed by atoms with Crippen LogP contribution in [-0.4, -0.2) is 139 Å². The van der Waals surface area contributed by atoms with Gasteiger partial charge in [-0.05, 0) is 111 Å². The van der Waals surface area contributed by atoms with Crippen LogP contribution in [0.4, 0.5) is 4.39 Å². The summed E-state index contributed by atoms with van der Waals surface area (Å²) in [7, 11) is 2.11. The monoisotopic (exact) mass is 1060 g/mol. The molecule has 1 N–H and O–H groups in total. The van der Waals surface area contributed by atoms with Gasteiger partial charge in [-0.3, -0.25) is 4.90 Å². The third kappa shape index (κ3) is 11.8. The third-order valence-corrected chi connectivity index (χ3v) is 16.3. The molecule has 1 saturated carbocycles. The fraction of sp³-hybridized carbons (Fsp3) is 0.463. The van der Waals surface area contributed by atoms with Crippen molar-refractivity contribution < 1.29 is 47.4 Å². The van der Waals surface area contributed by atoms with Gasteiger partial charge in [-0.15, -0.1) is 11.3 Å². The molecule has 6 aromatic rings. The molecule has 1 unspecified atom stereocenters. The van der Waals surface area contributed by atoms with Crippen LogP contribution < -0.4 is 18.9 Å². The Bertz CT molecular complexity index is 2880. The van der Waals surface area contributed by atoms with Gasteiger partial charge in [0.05, 0.1) is 47.6 Å². The molecule has 1 aliphatic carbocycles. The molecule has 0 spiro atoms. The Labute approximate surface area is 437 Å². The summed E-state index contributed by atoms with van der Waals surface area (Å²) < 4.78 is 58.2. The lowest BCUT2D eigenvalue weighted by atomic mass is 9.82. The van der Waals surface area contributed by atoms with Gasteiger partial charge in [0, 0.05) is 73.9 Å². The quantitative estimate of drug-likeness (QED) is 0.123. The van der Waals surface area contributed by atoms with Crippen LogP contribution in [0.25, 0.3) is 31.8 Å². The van der Waals surface area contributed by atoms with E-state index in [4.69, 9.17) is 61.3 Å². The number of hydrogen-bond donors (Lipinski definition) is 1. The highest BCUT2D eigenvalue weighted by molar-refractivity contribution is 7.22. The van der Waals surface area contributed by atoms with Crippen molar-refractivity contribution in [2.24, 2.45) is 5.92 Å². The van der Waals surface area contributed by atoms with Crippen molar-refractivity contribution >= 4 is 50.7 Å². The third-order valence-electron chi connectivity index (χ3n) is 14.2. The standard InChI is InChI=1S/C54H59Cl2FN6O9S/c1-31-44-32(2)48(56)49(47(31)55)71-40(24-63-18-16-62(3)17-19-63)29-69-39-12-13-42(70-26-38-14-15-58-51(61-38)35-6-4-33(5-7-35)25-67-28-41-27-66-20-21-68-41)36(22-39)23-43(54(64)65)72-52-46-45(44)50(73-53(46)60-30-59-52)34-8-10-37(57)11-9-34/h8-15,22,30,33,35,40-41,43H,4-7,16-21,23-29H2,1-3H3,(H,64,65)/t33-,35-,40?,41-,43+/m0/s1. The summed E-state index contributed by atoms with van der Waals surface area (Å²) in [5, 5.41) is 12.0. The Morgan fingerprint density at radius 3 is 2.41 bits per heavy atom. The number of thiophene rings is 1. The zero-order chi connectivity index (χ0) is 50.6. The molecule has 3 atom stereocenters. The largest absolute Gasteiger partial charge is 0.490 e. The van der Waals surface area contributed by atoms with E-state index < -0.39 is 24.0 Å². The van der Waals surface area contributed by atoms with Crippen LogP contribution in [0.5, 0.6) is 23.1 Å². The molecule has 3 aromatic carbocycles. The Morgan fingerprint density at radius 1 is 0.890 bits per heavy atom. The summed E-state index contributed by atoms with van der Waals surface area (Å²) in [6.45, 7) is 11.0. The van der Waals surface area contributed by atoms with Crippen molar-refractivity contribution in [1.29, 1.82) is 0 Å². The lowest BCUT2D eigenvalue weighted by Crippen LogP contribution is -2.49. The second-order valence-electron chi connectivity index (χ2n) is 19.3. The van der Waals surface area contributed by atoms with Gasteiger partial charge in [-0.1, -0.05) is 35.3 Å². The lowest BCUT2D eigenvalue weighted by molar-refractivity contribution is -0.145. The molecule has 3 fully saturated rings. The molecule has 4 aliphatic heterocycles. The van der Waals surface area contributed by atoms with Crippen LogP contribution in [0.3, 0.4) is 0 Å². The number of ether oxygens (including phenoxy) is 7. The predicted octanol–water partition coefficient (Wildman–Crippen LogP) is 9.62. The van der Waals surface area contributed by atoms with Crippen molar-refractivity contribution in [1.82, 2.24) is 29.7 Å². The normalized spacial score (nSPS) is 22.0. The number of carboxylic acids is 1. The summed E-state index contributed by atoms with van der Waals surface area (Å²) in [5.41, 5.74) is 4.51. The first kappa shape index (κ1) is 51.3. The number of nitrogens with zero attached hydrogens (tertiary/aromatic N) is 6. The number of rotatable bonds is 12. The van der Waals surface area contributed by atoms with Gasteiger partial charge in [0.2, 0.25) is 12.0 Å². The number of halogens is 3. The van der Waals surface area contributed by atoms with Gasteiger partial charge in [0.1, 0.15) is 59.7 Å². The Morgan fingerprint density at radius 2 is 1.67 bits per heavy atom. The number of hydrogen-bond acceptors (Lipinski definition) is 15. The van der Waals surface area contributed by atoms with E-state index in [1.165, 1.54) is 29.8 Å². The SMILES string of the molecule is Cc1c(Cl)c2c(Cl)c(C)c1-c1c(-c3ccc(F)cc3)sc3ncnc(c13)O[C@@H](C(=O)O)Cc1cc(ccc1OCc1ccnc([C@H]3CC[C@H](COC[C@@H]4COCCO4)CC3)n1)OCC(CN1CCN(C)CC1)O2. The molecule has 386 valence electrons. The molecule has 19 heteroatoms. The second kappa shape index (κ2) is 23.1. The molecule has 5 aliphatic rings. The molecule has 3 aromatic heterocycles. The molecule has 15 nitrogen and oxygen atoms in total. The van der Waals surface area contributed by atoms with Crippen LogP contribution in [0, 0.1) is 25.6 Å². The zero-order valence-electron chi connectivity index (χ0n) is 41.1. The maximum atomic E-state index is 14.4. The highest BCUT2D eigenvalue weighted by Gasteiger charge is 2.33. The van der Waals surface area contributed by atoms with Gasteiger partial charge in [0.15, 0.2) is 5.75 Å². The van der Waals surface area contributed by atoms with E-state index >= 15 is 0 Å². The van der Waals surface area contributed by atoms with E-state index in [0.717, 1.165) is 57.7 Å². The Hall–Kier alpha value is -5.24. The summed E-state index contributed by atoms with van der Waals surface area (Å²) in [6, 6.07) is 13.3. The topological polar surface area (TPSA) is 160 Å². The van der Waals surface area contributed by atoms with Crippen molar-refractivity contribution in [2.75, 3.05) is 79.4 Å². The van der Waals surface area contributed by atoms with Crippen molar-refractivity contribution in [3.05, 3.63) is 105 Å². The maximum Gasteiger partial charge on any atom is 0.345 e. The first-order valence-corrected chi connectivity index (χ1v) is 26.5. The molecular weight excluding hydrogens is 999 g/mol. The average molecular weight is 1060 g/mol. The number of piperazine rings is 1. The fourth-order valence-electron chi connectivity index (χ4n) is 10.1. The molecule has 0 radical (unpaired) electrons. The van der Waals surface area contributed by atoms with Crippen LogP contribution in [-0.2, 0) is 32.0 Å². The highest BCUT2D eigenvalue weighted by atomic mass is 35.5. The van der Waals surface area contributed by atoms with Crippen LogP contribution in [0.15, 0.2) is 61.1 Å². The molecule has 4 bridgehead atoms. The maximum absolute atomic E-state index is 14.4. The zero-order valence-corrected chi connectivity index (χ0v) is 43.4. The first-order valence-electron chi connectivity index (χ1n) is 24.9. The molecule has 73 heavy (non-hydrogen) atoms. The van der Waals surface area contributed by atoms with Crippen LogP contribution in [0.1, 0.15) is 59.8 Å². The van der Waals surface area contributed by atoms with Gasteiger partial charge in [-0.2, -0.15) is 0 Å². The molecular formula is C54H59Cl2FN6O9S. The summed E-state index contributed by atoms with van der Waals surface area (Å²) in [5.74, 6) is 1.10. The van der Waals surface area contributed by atoms with E-state index in [1.807, 2.05) is 19.9 Å². The molecule has 0 amide bonds. The van der Waals surface area contributed by atoms with Gasteiger partial charge in [0.25, 0.3) is 0 Å². The molecule has 7 heterocycles. The molecule has 2 saturated heterocycles. The number of benzene rings is 3. The van der Waals surface area contributed by atoms with Crippen LogP contribution in [0.2, 0.25) is 10.0 Å². The Kier molecular flexibility index (Phi) is 16.2. The lowest BCUT2D eigenvalue weighted by Gasteiger charge is -2.35. The number of fused-ring (bicyclic) bond motifs is 7. The highest BCUT2D eigenvalue weighted by Crippen LogP contribution is 2.53. The minimum absolute atomic E-state index is 0.00415. The van der Waals surface area contributed by atoms with Crippen molar-refractivity contribution in [3.8, 4) is 44.7 Å². The number of carboxylic acid groups (broad SMARTS) is 1. The Balaban J connectivity index is 0.968. The van der Waals surface area contributed by atoms with E-state index in [2.05, 4.69) is 31.8 Å². The van der Waals surface area contributed by atoms with Crippen molar-refractivity contribution in [2.45, 2.75) is 76.8 Å². The summed E-state index contributed by atoms with van der Waals surface area (Å²) in [4.78, 5) is 38.1. The van der Waals surface area contributed by atoms with Crippen LogP contribution >= 0.6 is 34.5 Å². The van der Waals surface area contributed by atoms with E-state index in [1.54, 1.807) is 36.5 Å². The smallest absolute Gasteiger partial charge is 0.345 e. The molecule has 11 rings (SSSR count). The van der Waals surface area contributed by atoms with E-state index in [-0.39, 0.29) is 37.5 Å². The fourth-order valence-corrected chi connectivity index (χ4v) is 11.8.